The molecule has 0 bridgehead atoms. The molecule has 7 heteroatoms. The van der Waals surface area contributed by atoms with Crippen LogP contribution in [0.5, 0.6) is 0 Å². The minimum absolute atomic E-state index is 0.0883. The number of carbonyl (C=O) groups is 2. The molecule has 190 valence electrons. The largest absolute Gasteiger partial charge is 0.351 e. The van der Waals surface area contributed by atoms with E-state index in [0.717, 1.165) is 48.0 Å². The van der Waals surface area contributed by atoms with Gasteiger partial charge in [-0.15, -0.1) is 0 Å². The average molecular weight is 496 g/mol. The quantitative estimate of drug-likeness (QED) is 0.393. The van der Waals surface area contributed by atoms with Gasteiger partial charge in [-0.25, -0.2) is 0 Å². The maximum atomic E-state index is 14.5. The van der Waals surface area contributed by atoms with Gasteiger partial charge in [0.1, 0.15) is 11.2 Å². The van der Waals surface area contributed by atoms with Gasteiger partial charge in [0.05, 0.1) is 30.0 Å². The van der Waals surface area contributed by atoms with E-state index in [0.29, 0.717) is 12.2 Å². The summed E-state index contributed by atoms with van der Waals surface area (Å²) in [7, 11) is 0. The predicted octanol–water partition coefficient (Wildman–Crippen LogP) is 5.08. The molecule has 1 unspecified atom stereocenters. The van der Waals surface area contributed by atoms with Crippen molar-refractivity contribution >= 4 is 22.7 Å². The molecule has 3 aromatic heterocycles. The summed E-state index contributed by atoms with van der Waals surface area (Å²) in [5.41, 5.74) is 2.11. The van der Waals surface area contributed by atoms with Crippen LogP contribution in [0.2, 0.25) is 0 Å². The van der Waals surface area contributed by atoms with Crippen LogP contribution in [0.1, 0.15) is 61.6 Å². The Morgan fingerprint density at radius 1 is 1.00 bits per heavy atom. The number of pyridine rings is 1. The second kappa shape index (κ2) is 9.54. The summed E-state index contributed by atoms with van der Waals surface area (Å²) < 4.78 is 4.05. The first-order chi connectivity index (χ1) is 18.1. The van der Waals surface area contributed by atoms with Crippen molar-refractivity contribution in [3.63, 3.8) is 0 Å². The molecular weight excluding hydrogens is 462 g/mol. The molecule has 1 fully saturated rings. The lowest BCUT2D eigenvalue weighted by Gasteiger charge is -2.44. The van der Waals surface area contributed by atoms with Crippen molar-refractivity contribution in [3.05, 3.63) is 84.6 Å². The normalized spacial score (nSPS) is 20.6. The van der Waals surface area contributed by atoms with Gasteiger partial charge in [-0.1, -0.05) is 49.9 Å². The molecule has 1 aliphatic carbocycles. The number of nitrogens with one attached hydrogen (secondary N) is 1. The molecule has 1 N–H and O–H groups in total. The lowest BCUT2D eigenvalue weighted by atomic mass is 9.93. The third-order valence-electron chi connectivity index (χ3n) is 8.04. The molecule has 1 aromatic carbocycles. The molecule has 0 spiro atoms. The van der Waals surface area contributed by atoms with E-state index in [-0.39, 0.29) is 24.4 Å². The highest BCUT2D eigenvalue weighted by atomic mass is 16.2. The zero-order valence-electron chi connectivity index (χ0n) is 21.3. The summed E-state index contributed by atoms with van der Waals surface area (Å²) >= 11 is 0. The second-order valence-corrected chi connectivity index (χ2v) is 10.5. The SMILES string of the molecule is CC1(C(=O)NC2CCCCCC2)Cn2c(c(-n3cccc3)c3ccccc32)C(=O)N1Cc1ccccn1. The Hall–Kier alpha value is -3.87. The highest BCUT2D eigenvalue weighted by Crippen LogP contribution is 2.38. The van der Waals surface area contributed by atoms with Crippen LogP contribution in [0, 0.1) is 0 Å². The van der Waals surface area contributed by atoms with Gasteiger partial charge in [0.2, 0.25) is 5.91 Å². The third kappa shape index (κ3) is 4.12. The van der Waals surface area contributed by atoms with E-state index >= 15 is 0 Å². The highest BCUT2D eigenvalue weighted by molar-refractivity contribution is 6.08. The van der Waals surface area contributed by atoms with Gasteiger partial charge in [0.25, 0.3) is 5.91 Å². The molecule has 7 nitrogen and oxygen atoms in total. The van der Waals surface area contributed by atoms with E-state index in [4.69, 9.17) is 0 Å². The minimum atomic E-state index is -1.07. The average Bonchev–Trinajstić information content (AvgIpc) is 3.47. The molecule has 2 amide bonds. The predicted molar refractivity (Wildman–Crippen MR) is 143 cm³/mol. The van der Waals surface area contributed by atoms with Crippen LogP contribution in [-0.4, -0.2) is 42.4 Å². The van der Waals surface area contributed by atoms with Crippen LogP contribution >= 0.6 is 0 Å². The van der Waals surface area contributed by atoms with Crippen LogP contribution in [0.3, 0.4) is 0 Å². The van der Waals surface area contributed by atoms with Crippen LogP contribution in [0.4, 0.5) is 0 Å². The highest BCUT2D eigenvalue weighted by Gasteiger charge is 2.49. The number of rotatable bonds is 5. The van der Waals surface area contributed by atoms with Gasteiger partial charge in [0, 0.05) is 30.0 Å². The number of hydrogen-bond donors (Lipinski definition) is 1. The number of fused-ring (bicyclic) bond motifs is 3. The molecule has 1 aliphatic heterocycles. The monoisotopic (exact) mass is 495 g/mol. The van der Waals surface area contributed by atoms with Gasteiger partial charge in [-0.05, 0) is 50.1 Å². The fourth-order valence-electron chi connectivity index (χ4n) is 6.02. The number of nitrogens with zero attached hydrogens (tertiary/aromatic N) is 4. The Morgan fingerprint density at radius 3 is 2.46 bits per heavy atom. The second-order valence-electron chi connectivity index (χ2n) is 10.5. The summed E-state index contributed by atoms with van der Waals surface area (Å²) in [6.45, 7) is 2.55. The Morgan fingerprint density at radius 2 is 1.73 bits per heavy atom. The zero-order chi connectivity index (χ0) is 25.4. The fraction of sp³-hybridized carbons (Fsp3) is 0.367. The number of benzene rings is 1. The van der Waals surface area contributed by atoms with Gasteiger partial charge in [-0.2, -0.15) is 0 Å². The molecule has 2 aliphatic rings. The number of carbonyl (C=O) groups excluding carboxylic acids is 2. The molecule has 0 radical (unpaired) electrons. The summed E-state index contributed by atoms with van der Waals surface area (Å²) in [6, 6.07) is 17.8. The lowest BCUT2D eigenvalue weighted by molar-refractivity contribution is -0.134. The van der Waals surface area contributed by atoms with E-state index in [1.807, 2.05) is 72.4 Å². The lowest BCUT2D eigenvalue weighted by Crippen LogP contribution is -2.64. The van der Waals surface area contributed by atoms with Crippen LogP contribution in [0.25, 0.3) is 16.6 Å². The van der Waals surface area contributed by atoms with Crippen molar-refractivity contribution in [2.75, 3.05) is 0 Å². The summed E-state index contributed by atoms with van der Waals surface area (Å²) in [5.74, 6) is -0.245. The molecule has 37 heavy (non-hydrogen) atoms. The minimum Gasteiger partial charge on any atom is -0.351 e. The topological polar surface area (TPSA) is 72.2 Å². The van der Waals surface area contributed by atoms with E-state index in [9.17, 15) is 9.59 Å². The van der Waals surface area contributed by atoms with Gasteiger partial charge < -0.3 is 19.4 Å². The summed E-state index contributed by atoms with van der Waals surface area (Å²) in [5, 5.41) is 4.34. The maximum Gasteiger partial charge on any atom is 0.274 e. The molecule has 1 saturated carbocycles. The summed E-state index contributed by atoms with van der Waals surface area (Å²) in [4.78, 5) is 34.8. The Kier molecular flexibility index (Phi) is 6.07. The van der Waals surface area contributed by atoms with Crippen molar-refractivity contribution in [2.45, 2.75) is 70.1 Å². The van der Waals surface area contributed by atoms with Crippen molar-refractivity contribution in [1.82, 2.24) is 24.3 Å². The van der Waals surface area contributed by atoms with Crippen molar-refractivity contribution < 1.29 is 9.59 Å². The molecular formula is C30H33N5O2. The van der Waals surface area contributed by atoms with Gasteiger partial charge >= 0.3 is 0 Å². The zero-order valence-corrected chi connectivity index (χ0v) is 21.3. The van der Waals surface area contributed by atoms with E-state index in [2.05, 4.69) is 20.9 Å². The van der Waals surface area contributed by atoms with E-state index in [1.165, 1.54) is 12.8 Å². The molecule has 1 atom stereocenters. The molecule has 4 heterocycles. The smallest absolute Gasteiger partial charge is 0.274 e. The standard InChI is InChI=1S/C30H33N5O2/c1-30(29(37)32-22-12-4-2-3-5-13-22)21-34-25-16-7-6-15-24(25)26(33-18-10-11-19-33)27(34)28(36)35(30)20-23-14-8-9-17-31-23/h6-11,14-19,22H,2-5,12-13,20-21H2,1H3,(H,32,37). The van der Waals surface area contributed by atoms with Crippen molar-refractivity contribution in [2.24, 2.45) is 0 Å². The number of para-hydroxylation sites is 1. The first-order valence-electron chi connectivity index (χ1n) is 13.3. The van der Waals surface area contributed by atoms with Gasteiger partial charge in [-0.3, -0.25) is 14.6 Å². The van der Waals surface area contributed by atoms with Crippen LogP contribution in [-0.2, 0) is 17.9 Å². The maximum absolute atomic E-state index is 14.5. The first kappa shape index (κ1) is 23.5. The van der Waals surface area contributed by atoms with Crippen LogP contribution in [0.15, 0.2) is 73.2 Å². The third-order valence-corrected chi connectivity index (χ3v) is 8.04. The first-order valence-corrected chi connectivity index (χ1v) is 13.3. The Labute approximate surface area is 217 Å². The van der Waals surface area contributed by atoms with Crippen LogP contribution < -0.4 is 5.32 Å². The number of amides is 2. The van der Waals surface area contributed by atoms with Gasteiger partial charge in [0.15, 0.2) is 0 Å². The summed E-state index contributed by atoms with van der Waals surface area (Å²) in [6.07, 6.45) is 12.3. The number of aromatic nitrogens is 3. The molecule has 0 saturated heterocycles. The molecule has 4 aromatic rings. The van der Waals surface area contributed by atoms with E-state index < -0.39 is 5.54 Å². The molecule has 6 rings (SSSR count). The number of hydrogen-bond acceptors (Lipinski definition) is 3. The van der Waals surface area contributed by atoms with Crippen molar-refractivity contribution in [3.8, 4) is 5.69 Å². The fourth-order valence-corrected chi connectivity index (χ4v) is 6.02. The Bertz CT molecular complexity index is 1420. The Balaban J connectivity index is 1.48. The van der Waals surface area contributed by atoms with Crippen molar-refractivity contribution in [1.29, 1.82) is 0 Å². The van der Waals surface area contributed by atoms with E-state index in [1.54, 1.807) is 11.1 Å².